The van der Waals surface area contributed by atoms with Gasteiger partial charge in [-0.2, -0.15) is 0 Å². The molecule has 0 aromatic rings. The summed E-state index contributed by atoms with van der Waals surface area (Å²) in [7, 11) is 0. The summed E-state index contributed by atoms with van der Waals surface area (Å²) < 4.78 is 110. The van der Waals surface area contributed by atoms with Crippen molar-refractivity contribution >= 4 is 41.5 Å². The lowest BCUT2D eigenvalue weighted by molar-refractivity contribution is -0.391. The molecule has 0 aromatic heterocycles. The van der Waals surface area contributed by atoms with Gasteiger partial charge in [-0.15, -0.1) is 0 Å². The zero-order chi connectivity index (χ0) is 102. The monoisotopic (exact) mass is 2020 g/mol. The molecule has 0 aromatic carbocycles. The van der Waals surface area contributed by atoms with Crippen LogP contribution >= 0.6 is 0 Å². The minimum absolute atomic E-state index is 0.837. The Bertz CT molecular complexity index is 3930. The molecule has 5 amide bonds. The number of ether oxygens (including phenoxy) is 19. The predicted molar refractivity (Wildman–Crippen MR) is 422 cm³/mol. The Morgan fingerprint density at radius 3 is 0.906 bits per heavy atom. The van der Waals surface area contributed by atoms with Crippen LogP contribution in [0.25, 0.3) is 0 Å². The van der Waals surface area contributed by atoms with Crippen molar-refractivity contribution in [1.29, 1.82) is 0 Å². The average molecular weight is 2020 g/mol. The predicted octanol–water partition coefficient (Wildman–Crippen LogP) is -23.7. The van der Waals surface area contributed by atoms with E-state index in [2.05, 4.69) is 26.6 Å². The number of carbonyl (C=O) groups is 7. The Labute approximate surface area is 779 Å². The molecule has 62 nitrogen and oxygen atoms in total. The third kappa shape index (κ3) is 25.4. The molecule has 10 aliphatic heterocycles. The van der Waals surface area contributed by atoms with E-state index in [0.717, 1.165) is 34.6 Å². The summed E-state index contributed by atoms with van der Waals surface area (Å²) >= 11 is 0. The number of hydrogen-bond acceptors (Lipinski definition) is 55. The second-order valence-corrected chi connectivity index (χ2v) is 34.6. The van der Waals surface area contributed by atoms with Gasteiger partial charge in [-0.3, -0.25) is 24.0 Å². The number of hydrogen-bond donors (Lipinski definition) is 36. The molecule has 0 bridgehead atoms. The summed E-state index contributed by atoms with van der Waals surface area (Å²) in [5.41, 5.74) is 0. The van der Waals surface area contributed by atoms with E-state index in [4.69, 9.17) is 90.0 Å². The number of nitrogens with one attached hydrogen (secondary N) is 5. The minimum atomic E-state index is -3.07. The summed E-state index contributed by atoms with van der Waals surface area (Å²) in [4.78, 5) is 88.3. The van der Waals surface area contributed by atoms with Crippen LogP contribution in [-0.4, -0.2) is 584 Å². The molecule has 10 fully saturated rings. The van der Waals surface area contributed by atoms with Gasteiger partial charge in [0.1, 0.15) is 232 Å². The molecular weight excluding hydrogens is 1890 g/mol. The SMILES string of the molecule is CC(=O)N[C@@H]1[C@@H](O)[C@H](O[C@@H]2O[C@H](CO[C@@H]3O[C@H](CO)[C@@H](O[C@@H]4O[C@H](CO)[C@@H](O[C@@H]5O[C@H](CO[C@]6(C(=O)O)C[C@H](O)[C@@H](NC(C)=O)[C@H]([C@H](O)[C@H](O)CO)O6)[C@H](O)[C@H](O)[C@H]5O)[C@H](O)[C@H]4NC(C)=O)[C@H](O)[C@@H]3O)[C@@H](O)[C@H](O[C@@H]3O[C@H](CO)[C@@H](O[C@@H]4O[C@H](CO)[C@@H](O[C@@H]5O[C@H](CO[C@]6(C(=O)O)C[C@H](O)[C@@H](NC(C)=O)[C@H]([C@H](O)[C@H](O)CO)O6)[C@H](O)[C@H](O)[C@H]5O)[C@H](O)[C@H]4NC(C)=O)[C@H](O)[C@@H]3O)[C@@H]2O)[C@@H](CO)O[C@H]1O. The topological polar surface area (TPSA) is 982 Å². The molecule has 10 aliphatic rings. The van der Waals surface area contributed by atoms with Crippen molar-refractivity contribution in [2.45, 2.75) is 365 Å². The largest absolute Gasteiger partial charge is 0.477 e. The number of aliphatic hydroxyl groups excluding tert-OH is 29. The highest BCUT2D eigenvalue weighted by Crippen LogP contribution is 2.43. The molecule has 138 heavy (non-hydrogen) atoms. The molecule has 10 rings (SSSR count). The van der Waals surface area contributed by atoms with E-state index in [1.165, 1.54) is 0 Å². The Morgan fingerprint density at radius 2 is 0.565 bits per heavy atom. The van der Waals surface area contributed by atoms with Gasteiger partial charge in [0, 0.05) is 47.5 Å². The number of aliphatic hydroxyl groups is 29. The van der Waals surface area contributed by atoms with Gasteiger partial charge in [0.05, 0.1) is 90.4 Å². The molecule has 52 atom stereocenters. The molecule has 0 saturated carbocycles. The molecule has 62 heteroatoms. The minimum Gasteiger partial charge on any atom is -0.477 e. The van der Waals surface area contributed by atoms with Crippen LogP contribution in [0.15, 0.2) is 0 Å². The van der Waals surface area contributed by atoms with Gasteiger partial charge in [-0.25, -0.2) is 9.59 Å². The molecule has 10 saturated heterocycles. The van der Waals surface area contributed by atoms with E-state index in [-0.39, 0.29) is 0 Å². The quantitative estimate of drug-likeness (QED) is 0.0272. The molecule has 0 unspecified atom stereocenters. The normalized spacial score (nSPS) is 46.2. The van der Waals surface area contributed by atoms with E-state index < -0.39 is 438 Å². The first-order chi connectivity index (χ1) is 64.9. The molecule has 796 valence electrons. The number of amides is 5. The van der Waals surface area contributed by atoms with E-state index >= 15 is 0 Å². The molecular formula is C76H125N5O57. The Balaban J connectivity index is 0.829. The number of carboxylic acid groups (broad SMARTS) is 2. The van der Waals surface area contributed by atoms with E-state index in [9.17, 15) is 192 Å². The molecule has 0 aliphatic carbocycles. The van der Waals surface area contributed by atoms with Crippen molar-refractivity contribution < 1.29 is 282 Å². The van der Waals surface area contributed by atoms with E-state index in [0.29, 0.717) is 0 Å². The second kappa shape index (κ2) is 49.0. The van der Waals surface area contributed by atoms with Crippen LogP contribution in [0, 0.1) is 0 Å². The maximum absolute atomic E-state index is 13.0. The standard InChI is InChI=1S/C76H125N5O57/c1-18(89)77-35-23(94)6-75(73(116)117,137-62(35)40(98)25(96)8-82)121-16-33-42(100)48(106)52(110)69(129-33)133-58-28(11-85)124-66(38(46(58)104)80-21(4)92)131-60-30(13-87)126-68(54(112)50(60)108)120-15-32-44(102)64(56(114)72(128-32)135-57-27(10-84)123-65(115)37(45(57)103)79-20(3)91)136-71-55(113)51(109)61(31(14-88)127-71)132-67-39(81-22(5)93)47(105)59(29(12-86)125-67)134-70-53(111)49(107)43(101)34(130-70)17-122-76(74(118)119)7-24(95)36(78-19(2)90)63(138-76)41(99)26(97)9-83/h23-72,82-88,94-115H,6-17H2,1-5H3,(H,77,89)(H,78,90)(H,79,91)(H,80,92)(H,81,93)(H,116,117)(H,118,119)/t23-,24-,25+,26+,27+,28+,29+,30+,31+,32+,33+,34+,35+,36+,37+,38+,39+,40+,41+,42-,43-,44+,45+,46+,47+,48-,49-,50+,51+,52+,53+,54-,55-,56-,57+,58+,59+,60+,61+,62+,63+,64-,65+,66-,67-,68+,69-,70-,71-,72-,75+,76+/m0/s1. The Kier molecular flexibility index (Phi) is 40.6. The van der Waals surface area contributed by atoms with Crippen LogP contribution in [0.3, 0.4) is 0 Å². The highest BCUT2D eigenvalue weighted by Gasteiger charge is 2.64. The lowest BCUT2D eigenvalue weighted by atomic mass is 9.88. The average Bonchev–Trinajstić information content (AvgIpc) is 0.763. The maximum atomic E-state index is 13.0. The highest BCUT2D eigenvalue weighted by atomic mass is 16.8. The first-order valence-electron chi connectivity index (χ1n) is 43.4. The Morgan fingerprint density at radius 1 is 0.297 bits per heavy atom. The fourth-order valence-corrected chi connectivity index (χ4v) is 17.6. The van der Waals surface area contributed by atoms with Gasteiger partial charge in [0.15, 0.2) is 50.3 Å². The fourth-order valence-electron chi connectivity index (χ4n) is 17.6. The van der Waals surface area contributed by atoms with Gasteiger partial charge in [-0.05, 0) is 0 Å². The number of aliphatic carboxylic acids is 2. The van der Waals surface area contributed by atoms with Gasteiger partial charge in [0.25, 0.3) is 11.6 Å². The van der Waals surface area contributed by atoms with Crippen LogP contribution < -0.4 is 26.6 Å². The number of carboxylic acids is 2. The summed E-state index contributed by atoms with van der Waals surface area (Å²) in [5, 5.41) is 356. The van der Waals surface area contributed by atoms with Crippen molar-refractivity contribution in [2.24, 2.45) is 0 Å². The van der Waals surface area contributed by atoms with Crippen LogP contribution in [0.5, 0.6) is 0 Å². The van der Waals surface area contributed by atoms with Crippen molar-refractivity contribution in [1.82, 2.24) is 26.6 Å². The van der Waals surface area contributed by atoms with Gasteiger partial charge >= 0.3 is 11.9 Å². The summed E-state index contributed by atoms with van der Waals surface area (Å²) in [6, 6.07) is -9.06. The lowest BCUT2D eigenvalue weighted by Gasteiger charge is -2.50. The van der Waals surface area contributed by atoms with Crippen molar-refractivity contribution in [3.05, 3.63) is 0 Å². The van der Waals surface area contributed by atoms with Crippen molar-refractivity contribution in [3.8, 4) is 0 Å². The molecule has 36 N–H and O–H groups in total. The number of rotatable bonds is 39. The van der Waals surface area contributed by atoms with Gasteiger partial charge in [-0.1, -0.05) is 0 Å². The molecule has 10 heterocycles. The van der Waals surface area contributed by atoms with E-state index in [1.807, 2.05) is 0 Å². The second-order valence-electron chi connectivity index (χ2n) is 34.6. The van der Waals surface area contributed by atoms with Crippen LogP contribution in [0.1, 0.15) is 47.5 Å². The van der Waals surface area contributed by atoms with Crippen LogP contribution in [0.2, 0.25) is 0 Å². The molecule has 0 spiro atoms. The smallest absolute Gasteiger partial charge is 0.364 e. The van der Waals surface area contributed by atoms with Crippen LogP contribution in [-0.2, 0) is 124 Å². The first kappa shape index (κ1) is 114. The van der Waals surface area contributed by atoms with Gasteiger partial charge < -0.3 is 275 Å². The summed E-state index contributed by atoms with van der Waals surface area (Å²) in [6.07, 6.45) is -100. The first-order valence-corrected chi connectivity index (χ1v) is 43.4. The highest BCUT2D eigenvalue weighted by molar-refractivity contribution is 5.78. The van der Waals surface area contributed by atoms with Gasteiger partial charge in [0.2, 0.25) is 29.5 Å². The summed E-state index contributed by atoms with van der Waals surface area (Å²) in [5.74, 6) is -14.7. The lowest BCUT2D eigenvalue weighted by Crippen LogP contribution is -2.70. The van der Waals surface area contributed by atoms with E-state index in [1.54, 1.807) is 0 Å². The molecule has 0 radical (unpaired) electrons. The third-order valence-electron chi connectivity index (χ3n) is 24.8. The van der Waals surface area contributed by atoms with Crippen LogP contribution in [0.4, 0.5) is 0 Å². The zero-order valence-electron chi connectivity index (χ0n) is 73.8. The summed E-state index contributed by atoms with van der Waals surface area (Å²) in [6.45, 7) is -7.21. The fraction of sp³-hybridized carbons (Fsp3) is 0.908. The van der Waals surface area contributed by atoms with Crippen molar-refractivity contribution in [2.75, 3.05) is 66.1 Å². The van der Waals surface area contributed by atoms with Crippen molar-refractivity contribution in [3.63, 3.8) is 0 Å². The zero-order valence-corrected chi connectivity index (χ0v) is 73.8. The third-order valence-corrected chi connectivity index (χ3v) is 24.8. The number of carbonyl (C=O) groups excluding carboxylic acids is 5. The Hall–Kier alpha value is -5.63. The maximum Gasteiger partial charge on any atom is 0.364 e.